The van der Waals surface area contributed by atoms with E-state index < -0.39 is 0 Å². The third-order valence-electron chi connectivity index (χ3n) is 7.11. The highest BCUT2D eigenvalue weighted by Crippen LogP contribution is 2.31. The van der Waals surface area contributed by atoms with Crippen LogP contribution in [0.3, 0.4) is 0 Å². The van der Waals surface area contributed by atoms with Gasteiger partial charge in [0.2, 0.25) is 0 Å². The summed E-state index contributed by atoms with van der Waals surface area (Å²) < 4.78 is 6.20. The Hall–Kier alpha value is -3.35. The molecule has 6 nitrogen and oxygen atoms in total. The number of H-pyrrole nitrogens is 1. The third-order valence-corrected chi connectivity index (χ3v) is 7.46. The smallest absolute Gasteiger partial charge is 0.251 e. The minimum Gasteiger partial charge on any atom is -0.490 e. The first kappa shape index (κ1) is 25.3. The van der Waals surface area contributed by atoms with Crippen molar-refractivity contribution in [2.45, 2.75) is 38.8 Å². The Morgan fingerprint density at radius 2 is 1.81 bits per heavy atom. The van der Waals surface area contributed by atoms with E-state index in [1.165, 1.54) is 0 Å². The quantitative estimate of drug-likeness (QED) is 0.295. The first-order valence-corrected chi connectivity index (χ1v) is 13.3. The van der Waals surface area contributed by atoms with Crippen molar-refractivity contribution in [1.29, 1.82) is 0 Å². The van der Waals surface area contributed by atoms with Crippen molar-refractivity contribution in [1.82, 2.24) is 20.4 Å². The number of piperidine rings is 1. The van der Waals surface area contributed by atoms with Crippen molar-refractivity contribution in [3.63, 3.8) is 0 Å². The van der Waals surface area contributed by atoms with Crippen LogP contribution in [-0.4, -0.2) is 47.2 Å². The zero-order chi connectivity index (χ0) is 25.9. The number of nitrogens with one attached hydrogen (secondary N) is 2. The molecule has 5 rings (SSSR count). The summed E-state index contributed by atoms with van der Waals surface area (Å²) in [6.07, 6.45) is 2.34. The lowest BCUT2D eigenvalue weighted by Gasteiger charge is -2.29. The molecule has 1 aliphatic rings. The van der Waals surface area contributed by atoms with Crippen LogP contribution in [0, 0.1) is 5.92 Å². The number of ether oxygens (including phenoxy) is 1. The lowest BCUT2D eigenvalue weighted by molar-refractivity contribution is 0.0925. The third kappa shape index (κ3) is 5.65. The van der Waals surface area contributed by atoms with Crippen molar-refractivity contribution in [3.8, 4) is 17.0 Å². The molecule has 1 fully saturated rings. The number of hydrogen-bond acceptors (Lipinski definition) is 4. The number of rotatable bonds is 7. The molecular formula is C30H33ClN4O2. The van der Waals surface area contributed by atoms with Crippen molar-refractivity contribution >= 4 is 28.4 Å². The number of carbonyl (C=O) groups is 1. The number of aromatic nitrogens is 2. The van der Waals surface area contributed by atoms with E-state index in [9.17, 15) is 4.79 Å². The zero-order valence-corrected chi connectivity index (χ0v) is 22.3. The van der Waals surface area contributed by atoms with E-state index in [4.69, 9.17) is 16.3 Å². The fourth-order valence-corrected chi connectivity index (χ4v) is 5.17. The van der Waals surface area contributed by atoms with Crippen molar-refractivity contribution < 1.29 is 9.53 Å². The van der Waals surface area contributed by atoms with Gasteiger partial charge in [0, 0.05) is 34.6 Å². The minimum atomic E-state index is -0.196. The Morgan fingerprint density at radius 3 is 2.51 bits per heavy atom. The van der Waals surface area contributed by atoms with Crippen LogP contribution in [0.5, 0.6) is 5.75 Å². The molecule has 1 atom stereocenters. The van der Waals surface area contributed by atoms with Gasteiger partial charge in [-0.25, -0.2) is 0 Å². The molecule has 3 aromatic carbocycles. The van der Waals surface area contributed by atoms with Gasteiger partial charge >= 0.3 is 0 Å². The Kier molecular flexibility index (Phi) is 7.49. The number of benzene rings is 3. The maximum absolute atomic E-state index is 13.3. The van der Waals surface area contributed by atoms with Gasteiger partial charge in [-0.15, -0.1) is 0 Å². The summed E-state index contributed by atoms with van der Waals surface area (Å²) in [6.45, 7) is 6.28. The summed E-state index contributed by atoms with van der Waals surface area (Å²) in [5.41, 5.74) is 4.15. The molecule has 1 amide bonds. The Labute approximate surface area is 223 Å². The van der Waals surface area contributed by atoms with E-state index >= 15 is 0 Å². The summed E-state index contributed by atoms with van der Waals surface area (Å²) >= 11 is 6.44. The molecule has 1 aliphatic heterocycles. The highest BCUT2D eigenvalue weighted by molar-refractivity contribution is 6.31. The molecule has 37 heavy (non-hydrogen) atoms. The van der Waals surface area contributed by atoms with Crippen molar-refractivity contribution in [2.24, 2.45) is 5.92 Å². The van der Waals surface area contributed by atoms with E-state index in [1.54, 1.807) is 0 Å². The van der Waals surface area contributed by atoms with Gasteiger partial charge in [-0.05, 0) is 79.9 Å². The van der Waals surface area contributed by atoms with Crippen LogP contribution in [0.15, 0.2) is 66.7 Å². The number of halogens is 1. The molecule has 0 aliphatic carbocycles. The Bertz CT molecular complexity index is 1370. The molecule has 0 radical (unpaired) electrons. The maximum atomic E-state index is 13.3. The van der Waals surface area contributed by atoms with Crippen LogP contribution in [0.25, 0.3) is 22.2 Å². The predicted octanol–water partition coefficient (Wildman–Crippen LogP) is 6.48. The number of carbonyl (C=O) groups excluding carboxylic acids is 1. The van der Waals surface area contributed by atoms with Crippen LogP contribution in [0.1, 0.15) is 48.7 Å². The molecule has 0 bridgehead atoms. The second-order valence-electron chi connectivity index (χ2n) is 10.2. The van der Waals surface area contributed by atoms with Crippen LogP contribution >= 0.6 is 11.6 Å². The first-order chi connectivity index (χ1) is 17.9. The number of amides is 1. The summed E-state index contributed by atoms with van der Waals surface area (Å²) in [5.74, 6) is 0.902. The predicted molar refractivity (Wildman–Crippen MR) is 149 cm³/mol. The van der Waals surface area contributed by atoms with E-state index in [0.717, 1.165) is 59.4 Å². The highest BCUT2D eigenvalue weighted by atomic mass is 35.5. The minimum absolute atomic E-state index is 0.144. The second-order valence-corrected chi connectivity index (χ2v) is 10.6. The molecule has 2 N–H and O–H groups in total. The van der Waals surface area contributed by atoms with Gasteiger partial charge < -0.3 is 15.0 Å². The standard InChI is InChI=1S/C30H33ClN4O2/c1-19(2)28(24-6-4-5-7-26(24)31)32-30(36)21-10-13-27-25(18-21)29(34-33-27)20-8-11-22(12-9-20)37-23-14-16-35(3)17-15-23/h4-13,18-19,23,28H,14-17H2,1-3H3,(H,32,36)(H,33,34)/t28-/m0/s1. The molecular weight excluding hydrogens is 484 g/mol. The SMILES string of the molecule is CC(C)[C@H](NC(=O)c1ccc2[nH]nc(-c3ccc(OC4CCN(C)CC4)cc3)c2c1)c1ccccc1Cl. The molecule has 2 heterocycles. The van der Waals surface area contributed by atoms with Gasteiger partial charge in [0.15, 0.2) is 0 Å². The topological polar surface area (TPSA) is 70.2 Å². The van der Waals surface area contributed by atoms with Crippen molar-refractivity contribution in [2.75, 3.05) is 20.1 Å². The number of hydrogen-bond donors (Lipinski definition) is 2. The van der Waals surface area contributed by atoms with Gasteiger partial charge in [0.1, 0.15) is 11.9 Å². The average Bonchev–Trinajstić information content (AvgIpc) is 3.33. The zero-order valence-electron chi connectivity index (χ0n) is 21.5. The van der Waals surface area contributed by atoms with Crippen LogP contribution in [0.2, 0.25) is 5.02 Å². The molecule has 1 aromatic heterocycles. The Balaban J connectivity index is 1.35. The second kappa shape index (κ2) is 11.0. The first-order valence-electron chi connectivity index (χ1n) is 12.9. The van der Waals surface area contributed by atoms with E-state index in [2.05, 4.69) is 41.3 Å². The summed E-state index contributed by atoms with van der Waals surface area (Å²) in [5, 5.41) is 12.4. The number of fused-ring (bicyclic) bond motifs is 1. The number of nitrogens with zero attached hydrogens (tertiary/aromatic N) is 2. The van der Waals surface area contributed by atoms with E-state index in [1.807, 2.05) is 66.7 Å². The summed E-state index contributed by atoms with van der Waals surface area (Å²) in [4.78, 5) is 15.6. The molecule has 0 spiro atoms. The van der Waals surface area contributed by atoms with Gasteiger partial charge in [0.25, 0.3) is 5.91 Å². The van der Waals surface area contributed by atoms with Crippen molar-refractivity contribution in [3.05, 3.63) is 82.9 Å². The maximum Gasteiger partial charge on any atom is 0.251 e. The average molecular weight is 517 g/mol. The highest BCUT2D eigenvalue weighted by Gasteiger charge is 2.22. The summed E-state index contributed by atoms with van der Waals surface area (Å²) in [6, 6.07) is 21.1. The van der Waals surface area contributed by atoms with E-state index in [-0.39, 0.29) is 24.0 Å². The van der Waals surface area contributed by atoms with Gasteiger partial charge in [0.05, 0.1) is 17.3 Å². The Morgan fingerprint density at radius 1 is 1.08 bits per heavy atom. The molecule has 4 aromatic rings. The fraction of sp³-hybridized carbons (Fsp3) is 0.333. The summed E-state index contributed by atoms with van der Waals surface area (Å²) in [7, 11) is 2.15. The van der Waals surface area contributed by atoms with Gasteiger partial charge in [-0.1, -0.05) is 43.6 Å². The van der Waals surface area contributed by atoms with Gasteiger partial charge in [-0.3, -0.25) is 9.89 Å². The lowest BCUT2D eigenvalue weighted by atomic mass is 9.95. The normalized spacial score (nSPS) is 15.7. The molecule has 0 saturated carbocycles. The molecule has 0 unspecified atom stereocenters. The van der Waals surface area contributed by atoms with Gasteiger partial charge in [-0.2, -0.15) is 5.10 Å². The van der Waals surface area contributed by atoms with Crippen LogP contribution in [-0.2, 0) is 0 Å². The van der Waals surface area contributed by atoms with E-state index in [0.29, 0.717) is 10.6 Å². The number of likely N-dealkylation sites (tertiary alicyclic amines) is 1. The molecule has 192 valence electrons. The largest absolute Gasteiger partial charge is 0.490 e. The van der Waals surface area contributed by atoms with Crippen LogP contribution in [0.4, 0.5) is 0 Å². The monoisotopic (exact) mass is 516 g/mol. The molecule has 1 saturated heterocycles. The van der Waals surface area contributed by atoms with Crippen LogP contribution < -0.4 is 10.1 Å². The lowest BCUT2D eigenvalue weighted by Crippen LogP contribution is -2.35. The molecule has 7 heteroatoms. The fourth-order valence-electron chi connectivity index (χ4n) is 4.92. The number of aromatic amines is 1.